The van der Waals surface area contributed by atoms with Gasteiger partial charge in [0.15, 0.2) is 6.79 Å². The molecular weight excluding hydrogens is 171 g/mol. The summed E-state index contributed by atoms with van der Waals surface area (Å²) in [7, 11) is -4.35. The van der Waals surface area contributed by atoms with E-state index in [-0.39, 0.29) is 6.79 Å². The summed E-state index contributed by atoms with van der Waals surface area (Å²) in [5.41, 5.74) is 0. The lowest BCUT2D eigenvalue weighted by atomic mass is 10.2. The monoisotopic (exact) mass is 184 g/mol. The third kappa shape index (κ3) is 10.1. The fraction of sp³-hybridized carbons (Fsp3) is 1.00. The molecule has 6 heteroatoms. The van der Waals surface area contributed by atoms with E-state index in [4.69, 9.17) is 14.5 Å². The van der Waals surface area contributed by atoms with Gasteiger partial charge >= 0.3 is 7.82 Å². The Morgan fingerprint density at radius 1 is 1.45 bits per heavy atom. The molecule has 0 aromatic carbocycles. The van der Waals surface area contributed by atoms with Gasteiger partial charge in [-0.2, -0.15) is 0 Å². The minimum atomic E-state index is -4.35. The van der Waals surface area contributed by atoms with Gasteiger partial charge in [-0.25, -0.2) is 4.57 Å². The van der Waals surface area contributed by atoms with Gasteiger partial charge in [0.2, 0.25) is 0 Å². The van der Waals surface area contributed by atoms with Crippen LogP contribution in [-0.2, 0) is 13.8 Å². The molecule has 0 heterocycles. The van der Waals surface area contributed by atoms with Gasteiger partial charge in [-0.15, -0.1) is 0 Å². The van der Waals surface area contributed by atoms with Gasteiger partial charge in [0.1, 0.15) is 0 Å². The van der Waals surface area contributed by atoms with Gasteiger partial charge in [-0.1, -0.05) is 13.8 Å². The van der Waals surface area contributed by atoms with Crippen molar-refractivity contribution in [2.24, 2.45) is 5.92 Å². The van der Waals surface area contributed by atoms with E-state index in [0.717, 1.165) is 0 Å². The molecular formula is C5H13O5P. The number of hydrogen-bond acceptors (Lipinski definition) is 3. The summed E-state index contributed by atoms with van der Waals surface area (Å²) < 4.78 is 18.8. The summed E-state index contributed by atoms with van der Waals surface area (Å²) in [6, 6.07) is 0. The Bertz CT molecular complexity index is 140. The lowest BCUT2D eigenvalue weighted by Crippen LogP contribution is -2.04. The number of ether oxygens (including phenoxy) is 1. The van der Waals surface area contributed by atoms with E-state index in [1.165, 1.54) is 0 Å². The molecule has 0 aliphatic heterocycles. The minimum absolute atomic E-state index is 0.329. The van der Waals surface area contributed by atoms with Crippen molar-refractivity contribution in [1.82, 2.24) is 0 Å². The molecule has 68 valence electrons. The SMILES string of the molecule is CC(C)COCOP(=O)(O)O. The quantitative estimate of drug-likeness (QED) is 0.374. The van der Waals surface area contributed by atoms with Crippen molar-refractivity contribution < 1.29 is 23.6 Å². The van der Waals surface area contributed by atoms with E-state index in [0.29, 0.717) is 12.5 Å². The third-order valence-electron chi connectivity index (χ3n) is 0.755. The Kier molecular flexibility index (Phi) is 4.88. The van der Waals surface area contributed by atoms with Gasteiger partial charge in [0, 0.05) is 0 Å². The number of phosphoric ester groups is 1. The van der Waals surface area contributed by atoms with Crippen LogP contribution in [0.15, 0.2) is 0 Å². The molecule has 0 atom stereocenters. The molecule has 0 aromatic rings. The average molecular weight is 184 g/mol. The highest BCUT2D eigenvalue weighted by Crippen LogP contribution is 2.35. The van der Waals surface area contributed by atoms with Gasteiger partial charge in [-0.05, 0) is 5.92 Å². The molecule has 0 bridgehead atoms. The van der Waals surface area contributed by atoms with Crippen LogP contribution < -0.4 is 0 Å². The largest absolute Gasteiger partial charge is 0.471 e. The van der Waals surface area contributed by atoms with Crippen LogP contribution in [0, 0.1) is 5.92 Å². The fourth-order valence-corrected chi connectivity index (χ4v) is 0.602. The second kappa shape index (κ2) is 4.85. The van der Waals surface area contributed by atoms with Crippen molar-refractivity contribution in [3.8, 4) is 0 Å². The van der Waals surface area contributed by atoms with E-state index in [1.807, 2.05) is 13.8 Å². The van der Waals surface area contributed by atoms with E-state index >= 15 is 0 Å². The molecule has 0 aliphatic carbocycles. The second-order valence-corrected chi connectivity index (χ2v) is 3.74. The third-order valence-corrected chi connectivity index (χ3v) is 1.20. The highest BCUT2D eigenvalue weighted by atomic mass is 31.2. The molecule has 0 saturated carbocycles. The molecule has 0 spiro atoms. The van der Waals surface area contributed by atoms with Crippen molar-refractivity contribution in [1.29, 1.82) is 0 Å². The van der Waals surface area contributed by atoms with E-state index < -0.39 is 7.82 Å². The molecule has 5 nitrogen and oxygen atoms in total. The lowest BCUT2D eigenvalue weighted by Gasteiger charge is -2.07. The number of rotatable bonds is 5. The highest BCUT2D eigenvalue weighted by molar-refractivity contribution is 7.46. The smallest absolute Gasteiger partial charge is 0.355 e. The predicted molar refractivity (Wildman–Crippen MR) is 38.8 cm³/mol. The van der Waals surface area contributed by atoms with Crippen LogP contribution in [0.3, 0.4) is 0 Å². The predicted octanol–water partition coefficient (Wildman–Crippen LogP) is 0.726. The summed E-state index contributed by atoms with van der Waals surface area (Å²) in [5, 5.41) is 0. The molecule has 0 aliphatic rings. The van der Waals surface area contributed by atoms with E-state index in [2.05, 4.69) is 4.52 Å². The summed E-state index contributed by atoms with van der Waals surface area (Å²) in [6.45, 7) is 3.93. The zero-order valence-electron chi connectivity index (χ0n) is 6.56. The second-order valence-electron chi connectivity index (χ2n) is 2.50. The molecule has 0 aromatic heterocycles. The van der Waals surface area contributed by atoms with Gasteiger partial charge in [0.25, 0.3) is 0 Å². The van der Waals surface area contributed by atoms with Crippen molar-refractivity contribution >= 4 is 7.82 Å². The van der Waals surface area contributed by atoms with Crippen molar-refractivity contribution in [3.05, 3.63) is 0 Å². The zero-order chi connectivity index (χ0) is 8.91. The summed E-state index contributed by atoms with van der Waals surface area (Å²) >= 11 is 0. The molecule has 0 amide bonds. The van der Waals surface area contributed by atoms with Crippen LogP contribution in [0.1, 0.15) is 13.8 Å². The standard InChI is InChI=1S/C5H13O5P/c1-5(2)3-9-4-10-11(6,7)8/h5H,3-4H2,1-2H3,(H2,6,7,8). The van der Waals surface area contributed by atoms with Crippen molar-refractivity contribution in [2.45, 2.75) is 13.8 Å². The normalized spacial score (nSPS) is 12.5. The van der Waals surface area contributed by atoms with Gasteiger partial charge in [-0.3, -0.25) is 4.52 Å². The highest BCUT2D eigenvalue weighted by Gasteiger charge is 2.12. The first-order chi connectivity index (χ1) is 4.92. The van der Waals surface area contributed by atoms with E-state index in [9.17, 15) is 4.57 Å². The molecule has 0 radical (unpaired) electrons. The summed E-state index contributed by atoms with van der Waals surface area (Å²) in [5.74, 6) is 0.329. The average Bonchev–Trinajstić information content (AvgIpc) is 1.78. The summed E-state index contributed by atoms with van der Waals surface area (Å²) in [6.07, 6.45) is 0. The van der Waals surface area contributed by atoms with Gasteiger partial charge < -0.3 is 14.5 Å². The zero-order valence-corrected chi connectivity index (χ0v) is 7.45. The number of phosphoric acid groups is 1. The molecule has 0 rings (SSSR count). The first-order valence-electron chi connectivity index (χ1n) is 3.19. The van der Waals surface area contributed by atoms with Crippen LogP contribution in [0.5, 0.6) is 0 Å². The summed E-state index contributed by atoms with van der Waals surface area (Å²) in [4.78, 5) is 16.4. The Balaban J connectivity index is 3.22. The van der Waals surface area contributed by atoms with Crippen LogP contribution in [0.4, 0.5) is 0 Å². The maximum atomic E-state index is 10.1. The Morgan fingerprint density at radius 3 is 2.36 bits per heavy atom. The molecule has 0 fully saturated rings. The molecule has 0 saturated heterocycles. The first kappa shape index (κ1) is 11.1. The van der Waals surface area contributed by atoms with Crippen LogP contribution in [0.25, 0.3) is 0 Å². The lowest BCUT2D eigenvalue weighted by molar-refractivity contribution is -0.0124. The maximum absolute atomic E-state index is 10.1. The molecule has 11 heavy (non-hydrogen) atoms. The maximum Gasteiger partial charge on any atom is 0.471 e. The molecule has 2 N–H and O–H groups in total. The Labute approximate surface area is 65.6 Å². The first-order valence-corrected chi connectivity index (χ1v) is 4.72. The number of hydrogen-bond donors (Lipinski definition) is 2. The Morgan fingerprint density at radius 2 is 2.00 bits per heavy atom. The van der Waals surface area contributed by atoms with Gasteiger partial charge in [0.05, 0.1) is 6.61 Å². The van der Waals surface area contributed by atoms with Crippen molar-refractivity contribution in [3.63, 3.8) is 0 Å². The van der Waals surface area contributed by atoms with E-state index in [1.54, 1.807) is 0 Å². The Hall–Kier alpha value is 0.0700. The molecule has 0 unspecified atom stereocenters. The topological polar surface area (TPSA) is 76.0 Å². The van der Waals surface area contributed by atoms with Crippen molar-refractivity contribution in [2.75, 3.05) is 13.4 Å². The van der Waals surface area contributed by atoms with Crippen LogP contribution in [0.2, 0.25) is 0 Å². The minimum Gasteiger partial charge on any atom is -0.355 e. The van der Waals surface area contributed by atoms with Crippen LogP contribution in [-0.4, -0.2) is 23.2 Å². The fourth-order valence-electron chi connectivity index (χ4n) is 0.390. The van der Waals surface area contributed by atoms with Crippen LogP contribution >= 0.6 is 7.82 Å².